The minimum absolute atomic E-state index is 0.619. The van der Waals surface area contributed by atoms with Crippen LogP contribution in [-0.4, -0.2) is 39.7 Å². The van der Waals surface area contributed by atoms with Gasteiger partial charge in [-0.15, -0.1) is 0 Å². The molecule has 0 aromatic carbocycles. The maximum atomic E-state index is 4.59. The number of fused-ring (bicyclic) bond motifs is 3. The van der Waals surface area contributed by atoms with Crippen molar-refractivity contribution < 1.29 is 0 Å². The lowest BCUT2D eigenvalue weighted by Gasteiger charge is -2.25. The Hall–Kier alpha value is -1.62. The van der Waals surface area contributed by atoms with Crippen LogP contribution in [0, 0.1) is 0 Å². The van der Waals surface area contributed by atoms with Crippen molar-refractivity contribution in [2.45, 2.75) is 31.3 Å². The maximum Gasteiger partial charge on any atom is 0.156 e. The number of imidazole rings is 1. The number of rotatable bonds is 1. The number of nitrogens with zero attached hydrogens (tertiary/aromatic N) is 4. The van der Waals surface area contributed by atoms with Gasteiger partial charge in [0.1, 0.15) is 5.52 Å². The number of aryl methyl sites for hydroxylation is 1. The van der Waals surface area contributed by atoms with Crippen LogP contribution in [0.3, 0.4) is 0 Å². The molecule has 2 unspecified atom stereocenters. The molecule has 2 atom stereocenters. The summed E-state index contributed by atoms with van der Waals surface area (Å²) < 4.78 is 2.06. The van der Waals surface area contributed by atoms with Gasteiger partial charge in [-0.3, -0.25) is 0 Å². The summed E-state index contributed by atoms with van der Waals surface area (Å²) in [4.78, 5) is 11.5. The Labute approximate surface area is 112 Å². The highest BCUT2D eigenvalue weighted by Gasteiger charge is 2.30. The molecule has 5 nitrogen and oxygen atoms in total. The number of hydrogen-bond acceptors (Lipinski definition) is 4. The standard InChI is InChI=1S/C14H19N5/c1-18-9-16-13-12(18)4-6-15-14(13)19-7-5-10-2-3-11(8-19)17-10/h4,6,9-11,17H,2-3,5,7-8H2,1H3. The first-order valence-electron chi connectivity index (χ1n) is 7.08. The van der Waals surface area contributed by atoms with Crippen molar-refractivity contribution in [3.8, 4) is 0 Å². The van der Waals surface area contributed by atoms with E-state index >= 15 is 0 Å². The third-order valence-electron chi connectivity index (χ3n) is 4.45. The number of hydrogen-bond donors (Lipinski definition) is 1. The van der Waals surface area contributed by atoms with E-state index in [1.165, 1.54) is 19.3 Å². The molecule has 4 heterocycles. The summed E-state index contributed by atoms with van der Waals surface area (Å²) in [6.45, 7) is 2.13. The van der Waals surface area contributed by atoms with Gasteiger partial charge in [0.15, 0.2) is 5.82 Å². The topological polar surface area (TPSA) is 46.0 Å². The molecule has 0 saturated carbocycles. The van der Waals surface area contributed by atoms with E-state index < -0.39 is 0 Å². The average Bonchev–Trinajstić information content (AvgIpc) is 2.94. The Kier molecular flexibility index (Phi) is 2.48. The molecule has 1 N–H and O–H groups in total. The summed E-state index contributed by atoms with van der Waals surface area (Å²) in [5, 5.41) is 3.71. The summed E-state index contributed by atoms with van der Waals surface area (Å²) in [5.41, 5.74) is 2.19. The van der Waals surface area contributed by atoms with Gasteiger partial charge in [-0.1, -0.05) is 0 Å². The lowest BCUT2D eigenvalue weighted by atomic mass is 10.1. The highest BCUT2D eigenvalue weighted by atomic mass is 15.2. The molecule has 19 heavy (non-hydrogen) atoms. The van der Waals surface area contributed by atoms with Crippen molar-refractivity contribution in [1.29, 1.82) is 0 Å². The second-order valence-corrected chi connectivity index (χ2v) is 5.73. The first kappa shape index (κ1) is 11.2. The zero-order valence-corrected chi connectivity index (χ0v) is 11.2. The van der Waals surface area contributed by atoms with Crippen LogP contribution in [0.15, 0.2) is 18.6 Å². The van der Waals surface area contributed by atoms with Gasteiger partial charge in [0.2, 0.25) is 0 Å². The van der Waals surface area contributed by atoms with Crippen LogP contribution in [0.4, 0.5) is 5.82 Å². The van der Waals surface area contributed by atoms with Crippen LogP contribution in [0.25, 0.3) is 11.0 Å². The van der Waals surface area contributed by atoms with Crippen molar-refractivity contribution in [2.24, 2.45) is 7.05 Å². The molecule has 100 valence electrons. The van der Waals surface area contributed by atoms with Crippen molar-refractivity contribution in [1.82, 2.24) is 19.9 Å². The van der Waals surface area contributed by atoms with Gasteiger partial charge in [0, 0.05) is 38.4 Å². The highest BCUT2D eigenvalue weighted by Crippen LogP contribution is 2.27. The van der Waals surface area contributed by atoms with Crippen LogP contribution < -0.4 is 10.2 Å². The molecule has 0 amide bonds. The van der Waals surface area contributed by atoms with E-state index in [-0.39, 0.29) is 0 Å². The number of anilines is 1. The quantitative estimate of drug-likeness (QED) is 0.836. The summed E-state index contributed by atoms with van der Waals surface area (Å²) in [6.07, 6.45) is 7.61. The van der Waals surface area contributed by atoms with E-state index in [0.29, 0.717) is 12.1 Å². The van der Waals surface area contributed by atoms with Gasteiger partial charge in [0.05, 0.1) is 11.8 Å². The Morgan fingerprint density at radius 2 is 2.11 bits per heavy atom. The lowest BCUT2D eigenvalue weighted by molar-refractivity contribution is 0.563. The third kappa shape index (κ3) is 1.80. The predicted molar refractivity (Wildman–Crippen MR) is 75.3 cm³/mol. The Bertz CT molecular complexity index is 605. The van der Waals surface area contributed by atoms with Gasteiger partial charge in [-0.25, -0.2) is 9.97 Å². The van der Waals surface area contributed by atoms with Gasteiger partial charge in [0.25, 0.3) is 0 Å². The minimum Gasteiger partial charge on any atom is -0.353 e. The Morgan fingerprint density at radius 3 is 3.05 bits per heavy atom. The first-order chi connectivity index (χ1) is 9.31. The smallest absolute Gasteiger partial charge is 0.156 e. The van der Waals surface area contributed by atoms with E-state index in [4.69, 9.17) is 0 Å². The molecule has 2 aromatic rings. The molecule has 2 bridgehead atoms. The average molecular weight is 257 g/mol. The fraction of sp³-hybridized carbons (Fsp3) is 0.571. The van der Waals surface area contributed by atoms with Crippen molar-refractivity contribution in [3.05, 3.63) is 18.6 Å². The van der Waals surface area contributed by atoms with Gasteiger partial charge in [-0.05, 0) is 25.3 Å². The van der Waals surface area contributed by atoms with Crippen molar-refractivity contribution >= 4 is 16.9 Å². The molecule has 0 radical (unpaired) electrons. The summed E-state index contributed by atoms with van der Waals surface area (Å²) in [6, 6.07) is 3.36. The summed E-state index contributed by atoms with van der Waals surface area (Å²) >= 11 is 0. The molecule has 2 aliphatic rings. The molecule has 2 aromatic heterocycles. The second kappa shape index (κ2) is 4.20. The van der Waals surface area contributed by atoms with Gasteiger partial charge in [-0.2, -0.15) is 0 Å². The zero-order chi connectivity index (χ0) is 12.8. The number of nitrogens with one attached hydrogen (secondary N) is 1. The van der Waals surface area contributed by atoms with Gasteiger partial charge < -0.3 is 14.8 Å². The van der Waals surface area contributed by atoms with Crippen molar-refractivity contribution in [3.63, 3.8) is 0 Å². The molecule has 0 spiro atoms. The molecule has 2 saturated heterocycles. The summed E-state index contributed by atoms with van der Waals surface area (Å²) in [7, 11) is 2.03. The normalized spacial score (nSPS) is 26.9. The maximum absolute atomic E-state index is 4.59. The minimum atomic E-state index is 0.619. The lowest BCUT2D eigenvalue weighted by Crippen LogP contribution is -2.35. The molecule has 0 aliphatic carbocycles. The Balaban J connectivity index is 1.73. The third-order valence-corrected chi connectivity index (χ3v) is 4.45. The zero-order valence-electron chi connectivity index (χ0n) is 11.2. The van der Waals surface area contributed by atoms with E-state index in [9.17, 15) is 0 Å². The van der Waals surface area contributed by atoms with Gasteiger partial charge >= 0.3 is 0 Å². The van der Waals surface area contributed by atoms with E-state index in [1.54, 1.807) is 0 Å². The molecule has 4 rings (SSSR count). The van der Waals surface area contributed by atoms with Crippen LogP contribution in [-0.2, 0) is 7.05 Å². The van der Waals surface area contributed by atoms with E-state index in [1.807, 2.05) is 25.6 Å². The van der Waals surface area contributed by atoms with E-state index in [2.05, 4.69) is 24.8 Å². The molecule has 5 heteroatoms. The van der Waals surface area contributed by atoms with Crippen LogP contribution >= 0.6 is 0 Å². The molecule has 2 aliphatic heterocycles. The van der Waals surface area contributed by atoms with Crippen molar-refractivity contribution in [2.75, 3.05) is 18.0 Å². The van der Waals surface area contributed by atoms with Crippen LogP contribution in [0.1, 0.15) is 19.3 Å². The monoisotopic (exact) mass is 257 g/mol. The number of pyridine rings is 1. The fourth-order valence-electron chi connectivity index (χ4n) is 3.41. The largest absolute Gasteiger partial charge is 0.353 e. The fourth-order valence-corrected chi connectivity index (χ4v) is 3.41. The SMILES string of the molecule is Cn1cnc2c(N3CCC4CCC(C3)N4)nccc21. The molecular weight excluding hydrogens is 238 g/mol. The van der Waals surface area contributed by atoms with Crippen LogP contribution in [0.2, 0.25) is 0 Å². The summed E-state index contributed by atoms with van der Waals surface area (Å²) in [5.74, 6) is 1.05. The Morgan fingerprint density at radius 1 is 1.21 bits per heavy atom. The predicted octanol–water partition coefficient (Wildman–Crippen LogP) is 1.30. The molecular formula is C14H19N5. The molecule has 2 fully saturated rings. The van der Waals surface area contributed by atoms with Crippen LogP contribution in [0.5, 0.6) is 0 Å². The van der Waals surface area contributed by atoms with E-state index in [0.717, 1.165) is 29.9 Å². The highest BCUT2D eigenvalue weighted by molar-refractivity contribution is 5.86. The second-order valence-electron chi connectivity index (χ2n) is 5.73. The first-order valence-corrected chi connectivity index (χ1v) is 7.08. The number of aromatic nitrogens is 3.